The van der Waals surface area contributed by atoms with Crippen molar-refractivity contribution in [2.24, 2.45) is 0 Å². The van der Waals surface area contributed by atoms with Crippen LogP contribution in [0.15, 0.2) is 48.7 Å². The lowest BCUT2D eigenvalue weighted by Crippen LogP contribution is -2.20. The van der Waals surface area contributed by atoms with Crippen molar-refractivity contribution in [2.75, 3.05) is 11.9 Å². The number of hydrogen-bond donors (Lipinski definition) is 1. The standard InChI is InChI=1S/C16H12ClN3O5/c17-16-12(5-3-9-18-16)19-14(21)10-25-15(22)8-7-11-4-1-2-6-13(11)20(23)24/h1-9H,10H2,(H,19,21)/b8-7+. The van der Waals surface area contributed by atoms with Crippen LogP contribution in [0.3, 0.4) is 0 Å². The Morgan fingerprint density at radius 1 is 1.28 bits per heavy atom. The fourth-order valence-electron chi connectivity index (χ4n) is 1.80. The van der Waals surface area contributed by atoms with Gasteiger partial charge < -0.3 is 10.1 Å². The van der Waals surface area contributed by atoms with Crippen LogP contribution in [0.25, 0.3) is 6.08 Å². The highest BCUT2D eigenvalue weighted by molar-refractivity contribution is 6.32. The molecule has 0 bridgehead atoms. The molecule has 1 amide bonds. The first-order valence-corrected chi connectivity index (χ1v) is 7.34. The number of halogens is 1. The van der Waals surface area contributed by atoms with Crippen molar-refractivity contribution in [3.8, 4) is 0 Å². The zero-order valence-corrected chi connectivity index (χ0v) is 13.5. The average Bonchev–Trinajstić information content (AvgIpc) is 2.60. The largest absolute Gasteiger partial charge is 0.452 e. The fourth-order valence-corrected chi connectivity index (χ4v) is 1.97. The normalized spacial score (nSPS) is 10.4. The minimum Gasteiger partial charge on any atom is -0.452 e. The number of rotatable bonds is 6. The van der Waals surface area contributed by atoms with Gasteiger partial charge in [-0.1, -0.05) is 23.7 Å². The van der Waals surface area contributed by atoms with E-state index in [0.29, 0.717) is 5.69 Å². The summed E-state index contributed by atoms with van der Waals surface area (Å²) < 4.78 is 4.77. The van der Waals surface area contributed by atoms with Crippen molar-refractivity contribution >= 4 is 40.9 Å². The Morgan fingerprint density at radius 2 is 2.04 bits per heavy atom. The van der Waals surface area contributed by atoms with Crippen LogP contribution in [-0.4, -0.2) is 28.4 Å². The molecule has 0 aliphatic carbocycles. The highest BCUT2D eigenvalue weighted by Crippen LogP contribution is 2.19. The SMILES string of the molecule is O=C(COC(=O)/C=C/c1ccccc1[N+](=O)[O-])Nc1cccnc1Cl. The molecular weight excluding hydrogens is 350 g/mol. The second-order valence-corrected chi connectivity index (χ2v) is 5.00. The van der Waals surface area contributed by atoms with Gasteiger partial charge in [0.25, 0.3) is 11.6 Å². The van der Waals surface area contributed by atoms with Crippen LogP contribution in [0.2, 0.25) is 5.15 Å². The van der Waals surface area contributed by atoms with E-state index < -0.39 is 23.4 Å². The summed E-state index contributed by atoms with van der Waals surface area (Å²) in [7, 11) is 0. The molecule has 8 nitrogen and oxygen atoms in total. The van der Waals surface area contributed by atoms with Crippen LogP contribution in [0.1, 0.15) is 5.56 Å². The van der Waals surface area contributed by atoms with Gasteiger partial charge in [-0.15, -0.1) is 0 Å². The Hall–Kier alpha value is -3.26. The maximum atomic E-state index is 11.7. The van der Waals surface area contributed by atoms with E-state index in [-0.39, 0.29) is 16.4 Å². The Bertz CT molecular complexity index is 838. The molecule has 0 aliphatic rings. The average molecular weight is 362 g/mol. The van der Waals surface area contributed by atoms with Crippen molar-refractivity contribution in [1.29, 1.82) is 0 Å². The quantitative estimate of drug-likeness (QED) is 0.278. The lowest BCUT2D eigenvalue weighted by Gasteiger charge is -2.06. The van der Waals surface area contributed by atoms with Crippen molar-refractivity contribution < 1.29 is 19.2 Å². The van der Waals surface area contributed by atoms with E-state index in [1.165, 1.54) is 30.5 Å². The number of para-hydroxylation sites is 1. The highest BCUT2D eigenvalue weighted by atomic mass is 35.5. The number of anilines is 1. The summed E-state index contributed by atoms with van der Waals surface area (Å²) in [5.74, 6) is -1.41. The van der Waals surface area contributed by atoms with Crippen molar-refractivity contribution in [3.05, 3.63) is 69.5 Å². The Kier molecular flexibility index (Phi) is 6.19. The first kappa shape index (κ1) is 18.1. The van der Waals surface area contributed by atoms with Gasteiger partial charge in [0, 0.05) is 18.3 Å². The summed E-state index contributed by atoms with van der Waals surface area (Å²) in [5.41, 5.74) is 0.396. The first-order chi connectivity index (χ1) is 12.0. The number of nitro benzene ring substituents is 1. The molecule has 2 aromatic rings. The second kappa shape index (κ2) is 8.55. The Morgan fingerprint density at radius 3 is 2.76 bits per heavy atom. The molecule has 2 rings (SSSR count). The summed E-state index contributed by atoms with van der Waals surface area (Å²) in [5, 5.41) is 13.4. The first-order valence-electron chi connectivity index (χ1n) is 6.96. The minimum atomic E-state index is -0.814. The molecule has 0 atom stereocenters. The van der Waals surface area contributed by atoms with E-state index in [2.05, 4.69) is 10.3 Å². The molecule has 0 saturated heterocycles. The molecule has 1 N–H and O–H groups in total. The number of benzene rings is 1. The number of nitro groups is 1. The van der Waals surface area contributed by atoms with Gasteiger partial charge in [0.2, 0.25) is 0 Å². The van der Waals surface area contributed by atoms with Gasteiger partial charge in [0.15, 0.2) is 11.8 Å². The van der Waals surface area contributed by atoms with Gasteiger partial charge in [0.1, 0.15) is 0 Å². The van der Waals surface area contributed by atoms with Crippen LogP contribution in [0.5, 0.6) is 0 Å². The van der Waals surface area contributed by atoms with E-state index in [4.69, 9.17) is 16.3 Å². The molecule has 0 radical (unpaired) electrons. The number of ether oxygens (including phenoxy) is 1. The monoisotopic (exact) mass is 361 g/mol. The minimum absolute atomic E-state index is 0.110. The van der Waals surface area contributed by atoms with Crippen molar-refractivity contribution in [2.45, 2.75) is 0 Å². The highest BCUT2D eigenvalue weighted by Gasteiger charge is 2.11. The van der Waals surface area contributed by atoms with E-state index in [0.717, 1.165) is 6.08 Å². The molecule has 1 aromatic heterocycles. The number of esters is 1. The lowest BCUT2D eigenvalue weighted by atomic mass is 10.1. The number of carbonyl (C=O) groups is 2. The molecule has 9 heteroatoms. The van der Waals surface area contributed by atoms with Crippen molar-refractivity contribution in [1.82, 2.24) is 4.98 Å². The third kappa shape index (κ3) is 5.40. The topological polar surface area (TPSA) is 111 Å². The van der Waals surface area contributed by atoms with Crippen LogP contribution in [-0.2, 0) is 14.3 Å². The molecule has 0 aliphatic heterocycles. The van der Waals surface area contributed by atoms with Gasteiger partial charge >= 0.3 is 5.97 Å². The fraction of sp³-hybridized carbons (Fsp3) is 0.0625. The lowest BCUT2D eigenvalue weighted by molar-refractivity contribution is -0.385. The van der Waals surface area contributed by atoms with Gasteiger partial charge in [0.05, 0.1) is 16.2 Å². The molecule has 128 valence electrons. The number of hydrogen-bond acceptors (Lipinski definition) is 6. The number of carbonyl (C=O) groups excluding carboxylic acids is 2. The van der Waals surface area contributed by atoms with E-state index in [1.807, 2.05) is 0 Å². The van der Waals surface area contributed by atoms with Crippen LogP contribution in [0, 0.1) is 10.1 Å². The Labute approximate surface area is 147 Å². The van der Waals surface area contributed by atoms with Gasteiger partial charge in [-0.25, -0.2) is 9.78 Å². The Balaban J connectivity index is 1.89. The number of amides is 1. The summed E-state index contributed by atoms with van der Waals surface area (Å²) >= 11 is 5.79. The predicted octanol–water partition coefficient (Wildman–Crippen LogP) is 2.84. The van der Waals surface area contributed by atoms with Gasteiger partial charge in [-0.3, -0.25) is 14.9 Å². The van der Waals surface area contributed by atoms with Gasteiger partial charge in [-0.05, 0) is 24.3 Å². The van der Waals surface area contributed by atoms with E-state index in [1.54, 1.807) is 18.2 Å². The molecule has 1 aromatic carbocycles. The predicted molar refractivity (Wildman–Crippen MR) is 91.0 cm³/mol. The number of nitrogens with one attached hydrogen (secondary N) is 1. The summed E-state index contributed by atoms with van der Waals surface area (Å²) in [4.78, 5) is 37.4. The van der Waals surface area contributed by atoms with Crippen LogP contribution in [0.4, 0.5) is 11.4 Å². The number of pyridine rings is 1. The summed E-state index contributed by atoms with van der Waals surface area (Å²) in [6.45, 7) is -0.536. The molecular formula is C16H12ClN3O5. The second-order valence-electron chi connectivity index (χ2n) is 4.65. The molecule has 0 fully saturated rings. The van der Waals surface area contributed by atoms with E-state index >= 15 is 0 Å². The molecule has 25 heavy (non-hydrogen) atoms. The zero-order chi connectivity index (χ0) is 18.2. The van der Waals surface area contributed by atoms with Crippen LogP contribution >= 0.6 is 11.6 Å². The molecule has 0 unspecified atom stereocenters. The summed E-state index contributed by atoms with van der Waals surface area (Å²) in [6, 6.07) is 9.05. The molecule has 1 heterocycles. The maximum absolute atomic E-state index is 11.7. The van der Waals surface area contributed by atoms with Crippen molar-refractivity contribution in [3.63, 3.8) is 0 Å². The zero-order valence-electron chi connectivity index (χ0n) is 12.7. The van der Waals surface area contributed by atoms with E-state index in [9.17, 15) is 19.7 Å². The smallest absolute Gasteiger partial charge is 0.331 e. The number of aromatic nitrogens is 1. The van der Waals surface area contributed by atoms with Crippen LogP contribution < -0.4 is 5.32 Å². The number of nitrogens with zero attached hydrogens (tertiary/aromatic N) is 2. The summed E-state index contributed by atoms with van der Waals surface area (Å²) in [6.07, 6.45) is 3.72. The molecule has 0 saturated carbocycles. The molecule has 0 spiro atoms. The maximum Gasteiger partial charge on any atom is 0.331 e. The third-order valence-corrected chi connectivity index (χ3v) is 3.21. The third-order valence-electron chi connectivity index (χ3n) is 2.91. The van der Waals surface area contributed by atoms with Gasteiger partial charge in [-0.2, -0.15) is 0 Å².